The van der Waals surface area contributed by atoms with Crippen LogP contribution in [0, 0.1) is 0 Å². The highest BCUT2D eigenvalue weighted by Crippen LogP contribution is 2.22. The van der Waals surface area contributed by atoms with E-state index in [1.54, 1.807) is 0 Å². The third-order valence-electron chi connectivity index (χ3n) is 4.01. The molecule has 0 unspecified atom stereocenters. The topological polar surface area (TPSA) is 64.6 Å². The monoisotopic (exact) mass is 305 g/mol. The summed E-state index contributed by atoms with van der Waals surface area (Å²) in [6, 6.07) is 7.74. The minimum Gasteiger partial charge on any atom is -0.396 e. The van der Waals surface area contributed by atoms with E-state index in [9.17, 15) is 4.79 Å². The van der Waals surface area contributed by atoms with E-state index in [1.807, 2.05) is 25.1 Å². The summed E-state index contributed by atoms with van der Waals surface area (Å²) < 4.78 is 0. The molecule has 1 aliphatic rings. The number of rotatable bonds is 5. The molecule has 1 saturated heterocycles. The number of nitrogens with one attached hydrogen (secondary N) is 2. The summed E-state index contributed by atoms with van der Waals surface area (Å²) in [5.41, 5.74) is 1.97. The molecule has 3 N–H and O–H groups in total. The van der Waals surface area contributed by atoms with Crippen LogP contribution in [0.3, 0.4) is 0 Å². The van der Waals surface area contributed by atoms with Gasteiger partial charge in [-0.25, -0.2) is 4.79 Å². The number of amides is 2. The molecule has 1 heterocycles. The molecule has 5 nitrogen and oxygen atoms in total. The van der Waals surface area contributed by atoms with Crippen LogP contribution in [0.1, 0.15) is 39.0 Å². The molecular formula is C17H27N3O2. The molecule has 0 aliphatic carbocycles. The summed E-state index contributed by atoms with van der Waals surface area (Å²) in [7, 11) is 0. The molecule has 1 fully saturated rings. The quantitative estimate of drug-likeness (QED) is 0.783. The van der Waals surface area contributed by atoms with Crippen LogP contribution in [-0.4, -0.2) is 36.9 Å². The van der Waals surface area contributed by atoms with E-state index >= 15 is 0 Å². The van der Waals surface area contributed by atoms with Gasteiger partial charge in [0.05, 0.1) is 0 Å². The number of aliphatic hydroxyl groups excluding tert-OH is 1. The van der Waals surface area contributed by atoms with E-state index in [0.29, 0.717) is 6.42 Å². The predicted molar refractivity (Wildman–Crippen MR) is 90.4 cm³/mol. The zero-order valence-corrected chi connectivity index (χ0v) is 13.3. The fourth-order valence-corrected chi connectivity index (χ4v) is 2.77. The third kappa shape index (κ3) is 5.22. The fourth-order valence-electron chi connectivity index (χ4n) is 2.77. The van der Waals surface area contributed by atoms with Gasteiger partial charge < -0.3 is 20.6 Å². The van der Waals surface area contributed by atoms with Crippen LogP contribution in [-0.2, 0) is 0 Å². The molecule has 1 aromatic rings. The number of urea groups is 1. The van der Waals surface area contributed by atoms with E-state index in [1.165, 1.54) is 31.4 Å². The highest BCUT2D eigenvalue weighted by atomic mass is 16.3. The highest BCUT2D eigenvalue weighted by Gasteiger charge is 2.11. The van der Waals surface area contributed by atoms with Crippen molar-refractivity contribution >= 4 is 17.4 Å². The van der Waals surface area contributed by atoms with Crippen molar-refractivity contribution in [2.45, 2.75) is 45.1 Å². The Morgan fingerprint density at radius 3 is 2.68 bits per heavy atom. The van der Waals surface area contributed by atoms with E-state index in [2.05, 4.69) is 21.6 Å². The Bertz CT molecular complexity index is 471. The van der Waals surface area contributed by atoms with Gasteiger partial charge >= 0.3 is 6.03 Å². The molecule has 122 valence electrons. The van der Waals surface area contributed by atoms with Crippen molar-refractivity contribution in [2.75, 3.05) is 29.9 Å². The van der Waals surface area contributed by atoms with Crippen LogP contribution in [0.4, 0.5) is 16.2 Å². The number of hydrogen-bond donors (Lipinski definition) is 3. The lowest BCUT2D eigenvalue weighted by molar-refractivity contribution is 0.241. The molecule has 0 saturated carbocycles. The van der Waals surface area contributed by atoms with Crippen LogP contribution in [0.5, 0.6) is 0 Å². The Kier molecular flexibility index (Phi) is 6.52. The average molecular weight is 305 g/mol. The maximum absolute atomic E-state index is 11.9. The molecule has 1 aliphatic heterocycles. The van der Waals surface area contributed by atoms with Crippen LogP contribution in [0.15, 0.2) is 24.3 Å². The van der Waals surface area contributed by atoms with Gasteiger partial charge in [-0.3, -0.25) is 0 Å². The van der Waals surface area contributed by atoms with Gasteiger partial charge in [0.2, 0.25) is 0 Å². The first kappa shape index (κ1) is 16.6. The first-order chi connectivity index (χ1) is 10.7. The zero-order chi connectivity index (χ0) is 15.8. The van der Waals surface area contributed by atoms with E-state index in [4.69, 9.17) is 5.11 Å². The van der Waals surface area contributed by atoms with Gasteiger partial charge in [-0.1, -0.05) is 18.9 Å². The van der Waals surface area contributed by atoms with Crippen molar-refractivity contribution in [1.82, 2.24) is 5.32 Å². The molecule has 22 heavy (non-hydrogen) atoms. The van der Waals surface area contributed by atoms with Gasteiger partial charge in [-0.2, -0.15) is 0 Å². The minimum absolute atomic E-state index is 0.0428. The second-order valence-corrected chi connectivity index (χ2v) is 5.96. The number of carbonyl (C=O) groups excluding carboxylic acids is 1. The van der Waals surface area contributed by atoms with Crippen LogP contribution >= 0.6 is 0 Å². The summed E-state index contributed by atoms with van der Waals surface area (Å²) in [5.74, 6) is 0. The Morgan fingerprint density at radius 2 is 2.00 bits per heavy atom. The number of carbonyl (C=O) groups is 1. The molecule has 5 heteroatoms. The molecule has 2 rings (SSSR count). The Labute approximate surface area is 132 Å². The van der Waals surface area contributed by atoms with Gasteiger partial charge in [-0.15, -0.1) is 0 Å². The largest absolute Gasteiger partial charge is 0.396 e. The van der Waals surface area contributed by atoms with E-state index < -0.39 is 0 Å². The molecule has 0 spiro atoms. The molecule has 1 aromatic carbocycles. The lowest BCUT2D eigenvalue weighted by Gasteiger charge is -2.23. The van der Waals surface area contributed by atoms with Gasteiger partial charge in [0.1, 0.15) is 0 Å². The van der Waals surface area contributed by atoms with Gasteiger partial charge in [0.15, 0.2) is 0 Å². The normalized spacial score (nSPS) is 16.7. The Hall–Kier alpha value is -1.75. The van der Waals surface area contributed by atoms with Crippen LogP contribution in [0.25, 0.3) is 0 Å². The second-order valence-electron chi connectivity index (χ2n) is 5.96. The maximum Gasteiger partial charge on any atom is 0.319 e. The van der Waals surface area contributed by atoms with E-state index in [-0.39, 0.29) is 18.7 Å². The smallest absolute Gasteiger partial charge is 0.319 e. The van der Waals surface area contributed by atoms with Crippen molar-refractivity contribution in [3.8, 4) is 0 Å². The summed E-state index contributed by atoms with van der Waals surface area (Å²) in [5, 5.41) is 14.5. The number of benzene rings is 1. The summed E-state index contributed by atoms with van der Waals surface area (Å²) in [4.78, 5) is 14.3. The Morgan fingerprint density at radius 1 is 1.27 bits per heavy atom. The average Bonchev–Trinajstić information content (AvgIpc) is 2.76. The molecular weight excluding hydrogens is 278 g/mol. The Balaban J connectivity index is 1.94. The zero-order valence-electron chi connectivity index (χ0n) is 13.3. The molecule has 0 aromatic heterocycles. The first-order valence-electron chi connectivity index (χ1n) is 8.22. The van der Waals surface area contributed by atoms with E-state index in [0.717, 1.165) is 18.8 Å². The van der Waals surface area contributed by atoms with Crippen molar-refractivity contribution < 1.29 is 9.90 Å². The molecule has 1 atom stereocenters. The lowest BCUT2D eigenvalue weighted by Crippen LogP contribution is -2.36. The van der Waals surface area contributed by atoms with Crippen LogP contribution in [0.2, 0.25) is 0 Å². The minimum atomic E-state index is -0.228. The molecule has 0 bridgehead atoms. The maximum atomic E-state index is 11.9. The number of anilines is 2. The first-order valence-corrected chi connectivity index (χ1v) is 8.22. The van der Waals surface area contributed by atoms with Crippen molar-refractivity contribution in [3.05, 3.63) is 24.3 Å². The van der Waals surface area contributed by atoms with Gasteiger partial charge in [0.25, 0.3) is 0 Å². The fraction of sp³-hybridized carbons (Fsp3) is 0.588. The third-order valence-corrected chi connectivity index (χ3v) is 4.01. The number of aliphatic hydroxyl groups is 1. The van der Waals surface area contributed by atoms with Crippen molar-refractivity contribution in [1.29, 1.82) is 0 Å². The number of hydrogen-bond acceptors (Lipinski definition) is 3. The highest BCUT2D eigenvalue weighted by molar-refractivity contribution is 5.90. The van der Waals surface area contributed by atoms with Crippen molar-refractivity contribution in [3.63, 3.8) is 0 Å². The summed E-state index contributed by atoms with van der Waals surface area (Å²) in [6.07, 6.45) is 5.63. The molecule has 2 amide bonds. The predicted octanol–water partition coefficient (Wildman–Crippen LogP) is 2.96. The summed E-state index contributed by atoms with van der Waals surface area (Å²) >= 11 is 0. The summed E-state index contributed by atoms with van der Waals surface area (Å²) in [6.45, 7) is 4.13. The number of nitrogens with zero attached hydrogens (tertiary/aromatic N) is 1. The van der Waals surface area contributed by atoms with Gasteiger partial charge in [0, 0.05) is 37.1 Å². The SMILES string of the molecule is C[C@H](CCO)NC(=O)Nc1cccc(N2CCCCCC2)c1. The van der Waals surface area contributed by atoms with Crippen LogP contribution < -0.4 is 15.5 Å². The second kappa shape index (κ2) is 8.63. The van der Waals surface area contributed by atoms with Gasteiger partial charge in [-0.05, 0) is 44.4 Å². The molecule has 0 radical (unpaired) electrons. The van der Waals surface area contributed by atoms with Crippen molar-refractivity contribution in [2.24, 2.45) is 0 Å². The standard InChI is InChI=1S/C17H27N3O2/c1-14(9-12-21)18-17(22)19-15-7-6-8-16(13-15)20-10-4-2-3-5-11-20/h6-8,13-14,21H,2-5,9-12H2,1H3,(H2,18,19,22)/t14-/m1/s1. The lowest BCUT2D eigenvalue weighted by atomic mass is 10.2.